The monoisotopic (exact) mass is 323 g/mol. The summed E-state index contributed by atoms with van der Waals surface area (Å²) in [5.41, 5.74) is 0.235. The molecule has 0 aliphatic rings. The molecule has 0 atom stereocenters. The van der Waals surface area contributed by atoms with Crippen LogP contribution in [0.2, 0.25) is 0 Å². The van der Waals surface area contributed by atoms with E-state index in [1.54, 1.807) is 35.4 Å². The highest BCUT2D eigenvalue weighted by Gasteiger charge is 2.11. The van der Waals surface area contributed by atoms with E-state index in [4.69, 9.17) is 4.74 Å². The molecule has 23 heavy (non-hydrogen) atoms. The van der Waals surface area contributed by atoms with E-state index in [0.717, 1.165) is 9.92 Å². The van der Waals surface area contributed by atoms with Crippen LogP contribution in [0.4, 0.5) is 0 Å². The summed E-state index contributed by atoms with van der Waals surface area (Å²) in [5.74, 6) is 0.981. The summed E-state index contributed by atoms with van der Waals surface area (Å²) < 4.78 is 7.53. The minimum atomic E-state index is 0.235. The lowest BCUT2D eigenvalue weighted by Crippen LogP contribution is -2.01. The number of rotatable bonds is 5. The molecule has 3 aromatic heterocycles. The largest absolute Gasteiger partial charge is 0.436 e. The highest BCUT2D eigenvalue weighted by atomic mass is 32.2. The molecule has 3 heterocycles. The first-order valence-electron chi connectivity index (χ1n) is 6.99. The molecular formula is C16H13N5OS. The topological polar surface area (TPSA) is 76.6 Å². The van der Waals surface area contributed by atoms with Gasteiger partial charge in [-0.1, -0.05) is 17.8 Å². The number of hydrogen-bond donors (Lipinski definition) is 0. The van der Waals surface area contributed by atoms with Crippen LogP contribution >= 0.6 is 11.8 Å². The van der Waals surface area contributed by atoms with Crippen molar-refractivity contribution in [2.75, 3.05) is 0 Å². The Morgan fingerprint density at radius 2 is 2.17 bits per heavy atom. The van der Waals surface area contributed by atoms with Gasteiger partial charge >= 0.3 is 0 Å². The van der Waals surface area contributed by atoms with Gasteiger partial charge in [-0.05, 0) is 25.1 Å². The van der Waals surface area contributed by atoms with Crippen molar-refractivity contribution in [3.05, 3.63) is 54.6 Å². The third kappa shape index (κ3) is 3.49. The number of hydrogen-bond acceptors (Lipinski definition) is 6. The third-order valence-electron chi connectivity index (χ3n) is 2.99. The molecule has 0 bridgehead atoms. The molecule has 0 spiro atoms. The molecule has 6 nitrogen and oxygen atoms in total. The fourth-order valence-electron chi connectivity index (χ4n) is 1.93. The van der Waals surface area contributed by atoms with Gasteiger partial charge in [0.15, 0.2) is 11.4 Å². The van der Waals surface area contributed by atoms with Crippen LogP contribution in [0.5, 0.6) is 11.6 Å². The predicted octanol–water partition coefficient (Wildman–Crippen LogP) is 3.51. The Morgan fingerprint density at radius 1 is 1.26 bits per heavy atom. The molecule has 0 saturated carbocycles. The highest BCUT2D eigenvalue weighted by Crippen LogP contribution is 2.31. The first-order valence-corrected chi connectivity index (χ1v) is 7.80. The quantitative estimate of drug-likeness (QED) is 0.715. The number of nitriles is 1. The van der Waals surface area contributed by atoms with Crippen LogP contribution in [0.25, 0.3) is 0 Å². The van der Waals surface area contributed by atoms with Gasteiger partial charge in [0.05, 0.1) is 6.20 Å². The lowest BCUT2D eigenvalue weighted by atomic mass is 10.3. The van der Waals surface area contributed by atoms with Crippen molar-refractivity contribution in [3.63, 3.8) is 0 Å². The van der Waals surface area contributed by atoms with E-state index in [-0.39, 0.29) is 5.69 Å². The Hall–Kier alpha value is -2.85. The van der Waals surface area contributed by atoms with Crippen molar-refractivity contribution in [1.29, 1.82) is 5.26 Å². The minimum Gasteiger partial charge on any atom is -0.436 e. The van der Waals surface area contributed by atoms with Crippen LogP contribution in [0.3, 0.4) is 0 Å². The molecule has 0 unspecified atom stereocenters. The van der Waals surface area contributed by atoms with Crippen LogP contribution in [0.15, 0.2) is 58.8 Å². The molecule has 7 heteroatoms. The average molecular weight is 323 g/mol. The Morgan fingerprint density at radius 3 is 2.91 bits per heavy atom. The molecule has 0 saturated heterocycles. The molecule has 114 valence electrons. The maximum Gasteiger partial charge on any atom is 0.217 e. The van der Waals surface area contributed by atoms with Gasteiger partial charge in [-0.2, -0.15) is 10.4 Å². The van der Waals surface area contributed by atoms with E-state index in [9.17, 15) is 5.26 Å². The summed E-state index contributed by atoms with van der Waals surface area (Å²) in [6.07, 6.45) is 5.03. The number of ether oxygens (including phenoxy) is 1. The predicted molar refractivity (Wildman–Crippen MR) is 85.3 cm³/mol. The third-order valence-corrected chi connectivity index (χ3v) is 3.89. The first kappa shape index (κ1) is 15.1. The second kappa shape index (κ2) is 6.94. The summed E-state index contributed by atoms with van der Waals surface area (Å²) in [4.78, 5) is 9.28. The summed E-state index contributed by atoms with van der Waals surface area (Å²) in [6, 6.07) is 11.3. The molecule has 0 aliphatic carbocycles. The van der Waals surface area contributed by atoms with Crippen molar-refractivity contribution in [1.82, 2.24) is 19.7 Å². The molecule has 0 amide bonds. The van der Waals surface area contributed by atoms with E-state index in [1.165, 1.54) is 11.8 Å². The fourth-order valence-corrected chi connectivity index (χ4v) is 2.70. The van der Waals surface area contributed by atoms with Crippen LogP contribution < -0.4 is 4.74 Å². The summed E-state index contributed by atoms with van der Waals surface area (Å²) in [7, 11) is 0. The normalized spacial score (nSPS) is 10.3. The van der Waals surface area contributed by atoms with Gasteiger partial charge in [0.25, 0.3) is 0 Å². The molecular weight excluding hydrogens is 310 g/mol. The molecule has 3 aromatic rings. The van der Waals surface area contributed by atoms with E-state index < -0.39 is 0 Å². The minimum absolute atomic E-state index is 0.235. The number of aromatic nitrogens is 4. The Labute approximate surface area is 137 Å². The second-order valence-corrected chi connectivity index (χ2v) is 5.58. The zero-order valence-corrected chi connectivity index (χ0v) is 13.2. The maximum atomic E-state index is 9.22. The first-order chi connectivity index (χ1) is 11.3. The van der Waals surface area contributed by atoms with Gasteiger partial charge in [0.1, 0.15) is 11.1 Å². The summed E-state index contributed by atoms with van der Waals surface area (Å²) in [6.45, 7) is 2.65. The van der Waals surface area contributed by atoms with Gasteiger partial charge in [0.2, 0.25) is 5.88 Å². The van der Waals surface area contributed by atoms with E-state index in [1.807, 2.05) is 31.2 Å². The highest BCUT2D eigenvalue weighted by molar-refractivity contribution is 7.99. The van der Waals surface area contributed by atoms with Gasteiger partial charge in [-0.15, -0.1) is 0 Å². The summed E-state index contributed by atoms with van der Waals surface area (Å²) >= 11 is 1.46. The number of nitrogens with zero attached hydrogens (tertiary/aromatic N) is 5. The van der Waals surface area contributed by atoms with Gasteiger partial charge in [-0.3, -0.25) is 0 Å². The Kier molecular flexibility index (Phi) is 4.54. The molecule has 0 fully saturated rings. The maximum absolute atomic E-state index is 9.22. The molecule has 0 radical (unpaired) electrons. The number of pyridine rings is 2. The van der Waals surface area contributed by atoms with Crippen molar-refractivity contribution >= 4 is 11.8 Å². The van der Waals surface area contributed by atoms with Crippen LogP contribution in [-0.2, 0) is 6.54 Å². The van der Waals surface area contributed by atoms with Crippen LogP contribution in [-0.4, -0.2) is 19.7 Å². The Bertz CT molecular complexity index is 841. The van der Waals surface area contributed by atoms with Gasteiger partial charge in [0, 0.05) is 29.9 Å². The average Bonchev–Trinajstić information content (AvgIpc) is 3.03. The van der Waals surface area contributed by atoms with Crippen molar-refractivity contribution in [2.24, 2.45) is 0 Å². The zero-order valence-electron chi connectivity index (χ0n) is 12.4. The number of aryl methyl sites for hydroxylation is 1. The lowest BCUT2D eigenvalue weighted by Gasteiger charge is -2.09. The fraction of sp³-hybridized carbons (Fsp3) is 0.125. The molecule has 3 rings (SSSR count). The molecule has 0 N–H and O–H groups in total. The van der Waals surface area contributed by atoms with Crippen LogP contribution in [0, 0.1) is 11.3 Å². The van der Waals surface area contributed by atoms with Crippen molar-refractivity contribution < 1.29 is 4.74 Å². The zero-order chi connectivity index (χ0) is 16.1. The smallest absolute Gasteiger partial charge is 0.217 e. The van der Waals surface area contributed by atoms with Gasteiger partial charge in [-0.25, -0.2) is 14.6 Å². The molecule has 0 aliphatic heterocycles. The lowest BCUT2D eigenvalue weighted by molar-refractivity contribution is 0.413. The van der Waals surface area contributed by atoms with E-state index in [0.29, 0.717) is 18.2 Å². The standard InChI is InChI=1S/C16H13N5OS/c1-2-21-16(6-8-20-21)22-14-9-12(11-19-13(14)10-17)23-15-5-3-4-7-18-15/h3-9,11H,2H2,1H3. The van der Waals surface area contributed by atoms with E-state index >= 15 is 0 Å². The molecule has 0 aromatic carbocycles. The Balaban J connectivity index is 1.89. The van der Waals surface area contributed by atoms with E-state index in [2.05, 4.69) is 15.1 Å². The SMILES string of the molecule is CCn1nccc1Oc1cc(Sc2ccccn2)cnc1C#N. The second-order valence-electron chi connectivity index (χ2n) is 4.49. The van der Waals surface area contributed by atoms with Gasteiger partial charge < -0.3 is 4.74 Å². The van der Waals surface area contributed by atoms with Crippen molar-refractivity contribution in [2.45, 2.75) is 23.4 Å². The van der Waals surface area contributed by atoms with Crippen LogP contribution in [0.1, 0.15) is 12.6 Å². The van der Waals surface area contributed by atoms with Crippen molar-refractivity contribution in [3.8, 4) is 17.7 Å². The summed E-state index contributed by atoms with van der Waals surface area (Å²) in [5, 5.41) is 14.2.